The van der Waals surface area contributed by atoms with Gasteiger partial charge < -0.3 is 10.1 Å². The largest absolute Gasteiger partial charge is 0.487 e. The number of para-hydroxylation sites is 1. The standard InChI is InChI=1S/C21H25NO2S/c1-15-8-10-16(11-9-15)25-13-12-20(23)22-18-14-21(2,3)24-19-7-5-4-6-17(18)19/h4-11,18H,12-14H2,1-3H3,(H,22,23). The van der Waals surface area contributed by atoms with Gasteiger partial charge in [0, 0.05) is 29.1 Å². The summed E-state index contributed by atoms with van der Waals surface area (Å²) in [4.78, 5) is 13.6. The van der Waals surface area contributed by atoms with E-state index in [1.54, 1.807) is 11.8 Å². The second-order valence-electron chi connectivity index (χ2n) is 7.14. The smallest absolute Gasteiger partial charge is 0.221 e. The Morgan fingerprint density at radius 1 is 1.20 bits per heavy atom. The van der Waals surface area contributed by atoms with Crippen molar-refractivity contribution in [2.24, 2.45) is 0 Å². The summed E-state index contributed by atoms with van der Waals surface area (Å²) in [6.45, 7) is 6.21. The van der Waals surface area contributed by atoms with Crippen molar-refractivity contribution >= 4 is 17.7 Å². The Labute approximate surface area is 154 Å². The number of fused-ring (bicyclic) bond motifs is 1. The van der Waals surface area contributed by atoms with E-state index in [0.29, 0.717) is 6.42 Å². The number of hydrogen-bond acceptors (Lipinski definition) is 3. The second-order valence-corrected chi connectivity index (χ2v) is 8.30. The molecule has 1 unspecified atom stereocenters. The van der Waals surface area contributed by atoms with Crippen molar-refractivity contribution in [3.63, 3.8) is 0 Å². The fourth-order valence-corrected chi connectivity index (χ4v) is 3.95. The maximum Gasteiger partial charge on any atom is 0.221 e. The molecule has 0 bridgehead atoms. The van der Waals surface area contributed by atoms with Crippen LogP contribution in [0.5, 0.6) is 5.75 Å². The van der Waals surface area contributed by atoms with Crippen LogP contribution in [-0.4, -0.2) is 17.3 Å². The average Bonchev–Trinajstić information content (AvgIpc) is 2.55. The van der Waals surface area contributed by atoms with Gasteiger partial charge in [-0.05, 0) is 39.0 Å². The maximum atomic E-state index is 12.4. The number of rotatable bonds is 5. The number of thioether (sulfide) groups is 1. The Hall–Kier alpha value is -1.94. The van der Waals surface area contributed by atoms with Crippen LogP contribution in [0.4, 0.5) is 0 Å². The van der Waals surface area contributed by atoms with Crippen molar-refractivity contribution in [2.75, 3.05) is 5.75 Å². The summed E-state index contributed by atoms with van der Waals surface area (Å²) in [5, 5.41) is 3.19. The summed E-state index contributed by atoms with van der Waals surface area (Å²) < 4.78 is 6.02. The van der Waals surface area contributed by atoms with Gasteiger partial charge in [-0.3, -0.25) is 4.79 Å². The third-order valence-electron chi connectivity index (χ3n) is 4.33. The molecule has 1 amide bonds. The normalized spacial score (nSPS) is 18.1. The van der Waals surface area contributed by atoms with Crippen LogP contribution in [0.25, 0.3) is 0 Å². The molecule has 1 aliphatic heterocycles. The lowest BCUT2D eigenvalue weighted by Gasteiger charge is -2.37. The Kier molecular flexibility index (Phi) is 5.38. The van der Waals surface area contributed by atoms with Crippen LogP contribution in [0.3, 0.4) is 0 Å². The number of carbonyl (C=O) groups excluding carboxylic acids is 1. The minimum absolute atomic E-state index is 0.0109. The van der Waals surface area contributed by atoms with Crippen LogP contribution in [0.15, 0.2) is 53.4 Å². The summed E-state index contributed by atoms with van der Waals surface area (Å²) in [6.07, 6.45) is 1.29. The molecule has 2 aromatic rings. The summed E-state index contributed by atoms with van der Waals surface area (Å²) >= 11 is 1.72. The van der Waals surface area contributed by atoms with Crippen molar-refractivity contribution in [2.45, 2.75) is 50.2 Å². The third-order valence-corrected chi connectivity index (χ3v) is 5.34. The zero-order valence-electron chi connectivity index (χ0n) is 15.0. The third kappa shape index (κ3) is 4.79. The van der Waals surface area contributed by atoms with E-state index in [-0.39, 0.29) is 17.6 Å². The van der Waals surface area contributed by atoms with E-state index in [4.69, 9.17) is 4.74 Å². The first kappa shape index (κ1) is 17.9. The van der Waals surface area contributed by atoms with Crippen molar-refractivity contribution < 1.29 is 9.53 Å². The van der Waals surface area contributed by atoms with E-state index in [1.165, 1.54) is 10.5 Å². The summed E-state index contributed by atoms with van der Waals surface area (Å²) in [5.41, 5.74) is 2.05. The van der Waals surface area contributed by atoms with E-state index in [0.717, 1.165) is 23.5 Å². The number of amides is 1. The quantitative estimate of drug-likeness (QED) is 0.776. The van der Waals surface area contributed by atoms with Crippen molar-refractivity contribution in [1.82, 2.24) is 5.32 Å². The van der Waals surface area contributed by atoms with Gasteiger partial charge in [-0.25, -0.2) is 0 Å². The molecule has 1 aliphatic rings. The molecule has 4 heteroatoms. The number of hydrogen-bond donors (Lipinski definition) is 1. The van der Waals surface area contributed by atoms with Crippen LogP contribution in [0, 0.1) is 6.92 Å². The van der Waals surface area contributed by atoms with Crippen LogP contribution < -0.4 is 10.1 Å². The average molecular weight is 356 g/mol. The highest BCUT2D eigenvalue weighted by molar-refractivity contribution is 7.99. The molecule has 132 valence electrons. The summed E-state index contributed by atoms with van der Waals surface area (Å²) in [6, 6.07) is 16.4. The van der Waals surface area contributed by atoms with E-state index in [9.17, 15) is 4.79 Å². The van der Waals surface area contributed by atoms with Crippen molar-refractivity contribution in [3.05, 3.63) is 59.7 Å². The molecule has 0 radical (unpaired) electrons. The molecule has 3 rings (SSSR count). The van der Waals surface area contributed by atoms with Gasteiger partial charge in [-0.15, -0.1) is 11.8 Å². The topological polar surface area (TPSA) is 38.3 Å². The van der Waals surface area contributed by atoms with Gasteiger partial charge >= 0.3 is 0 Å². The minimum Gasteiger partial charge on any atom is -0.487 e. The maximum absolute atomic E-state index is 12.4. The summed E-state index contributed by atoms with van der Waals surface area (Å²) in [5.74, 6) is 1.75. The zero-order chi connectivity index (χ0) is 17.9. The fraction of sp³-hybridized carbons (Fsp3) is 0.381. The van der Waals surface area contributed by atoms with Gasteiger partial charge in [0.15, 0.2) is 0 Å². The Bertz CT molecular complexity index is 740. The molecule has 3 nitrogen and oxygen atoms in total. The molecular weight excluding hydrogens is 330 g/mol. The first-order chi connectivity index (χ1) is 11.9. The molecule has 0 aliphatic carbocycles. The van der Waals surface area contributed by atoms with Crippen LogP contribution in [-0.2, 0) is 4.79 Å². The molecule has 0 aromatic heterocycles. The van der Waals surface area contributed by atoms with E-state index in [1.807, 2.05) is 24.3 Å². The Morgan fingerprint density at radius 3 is 2.68 bits per heavy atom. The molecule has 1 heterocycles. The SMILES string of the molecule is Cc1ccc(SCCC(=O)NC2CC(C)(C)Oc3ccccc32)cc1. The van der Waals surface area contributed by atoms with Gasteiger partial charge in [0.2, 0.25) is 5.91 Å². The number of nitrogens with one attached hydrogen (secondary N) is 1. The zero-order valence-corrected chi connectivity index (χ0v) is 15.9. The Balaban J connectivity index is 1.56. The molecule has 0 saturated carbocycles. The lowest BCUT2D eigenvalue weighted by Crippen LogP contribution is -2.41. The van der Waals surface area contributed by atoms with E-state index < -0.39 is 0 Å². The van der Waals surface area contributed by atoms with E-state index >= 15 is 0 Å². The van der Waals surface area contributed by atoms with Crippen LogP contribution in [0.1, 0.15) is 43.9 Å². The number of carbonyl (C=O) groups is 1. The van der Waals surface area contributed by atoms with Gasteiger partial charge in [-0.2, -0.15) is 0 Å². The van der Waals surface area contributed by atoms with Gasteiger partial charge in [0.1, 0.15) is 11.4 Å². The summed E-state index contributed by atoms with van der Waals surface area (Å²) in [7, 11) is 0. The highest BCUT2D eigenvalue weighted by Gasteiger charge is 2.34. The van der Waals surface area contributed by atoms with Crippen molar-refractivity contribution in [1.29, 1.82) is 0 Å². The molecule has 0 fully saturated rings. The molecule has 1 N–H and O–H groups in total. The predicted molar refractivity (Wildman–Crippen MR) is 103 cm³/mol. The number of aryl methyl sites for hydroxylation is 1. The number of ether oxygens (including phenoxy) is 1. The Morgan fingerprint density at radius 2 is 1.92 bits per heavy atom. The highest BCUT2D eigenvalue weighted by Crippen LogP contribution is 2.39. The van der Waals surface area contributed by atoms with Crippen molar-refractivity contribution in [3.8, 4) is 5.75 Å². The molecule has 2 aromatic carbocycles. The molecule has 0 saturated heterocycles. The predicted octanol–water partition coefficient (Wildman–Crippen LogP) is 4.90. The molecule has 25 heavy (non-hydrogen) atoms. The van der Waals surface area contributed by atoms with Gasteiger partial charge in [0.05, 0.1) is 6.04 Å². The number of benzene rings is 2. The van der Waals surface area contributed by atoms with Gasteiger partial charge in [-0.1, -0.05) is 35.9 Å². The lowest BCUT2D eigenvalue weighted by molar-refractivity contribution is -0.121. The first-order valence-electron chi connectivity index (χ1n) is 8.70. The fourth-order valence-electron chi connectivity index (χ4n) is 3.09. The lowest BCUT2D eigenvalue weighted by atomic mass is 9.89. The highest BCUT2D eigenvalue weighted by atomic mass is 32.2. The molecule has 1 atom stereocenters. The second kappa shape index (κ2) is 7.52. The molecular formula is C21H25NO2S. The monoisotopic (exact) mass is 355 g/mol. The van der Waals surface area contributed by atoms with E-state index in [2.05, 4.69) is 50.4 Å². The molecule has 0 spiro atoms. The first-order valence-corrected chi connectivity index (χ1v) is 9.68. The van der Waals surface area contributed by atoms with Crippen LogP contribution >= 0.6 is 11.8 Å². The minimum atomic E-state index is -0.275. The van der Waals surface area contributed by atoms with Crippen LogP contribution in [0.2, 0.25) is 0 Å². The van der Waals surface area contributed by atoms with Gasteiger partial charge in [0.25, 0.3) is 0 Å².